The summed E-state index contributed by atoms with van der Waals surface area (Å²) >= 11 is 0. The molecule has 27 rings (SSSR count). The van der Waals surface area contributed by atoms with Gasteiger partial charge in [-0.1, -0.05) is 346 Å². The van der Waals surface area contributed by atoms with E-state index in [1.807, 2.05) is 48.7 Å². The highest BCUT2D eigenvalue weighted by Crippen LogP contribution is 2.56. The molecule has 0 bridgehead atoms. The van der Waals surface area contributed by atoms with Crippen molar-refractivity contribution in [3.05, 3.63) is 419 Å². The quantitative estimate of drug-likeness (QED) is 0.140. The van der Waals surface area contributed by atoms with Gasteiger partial charge in [-0.25, -0.2) is 29.9 Å². The highest BCUT2D eigenvalue weighted by molar-refractivity contribution is 6.29. The van der Waals surface area contributed by atoms with E-state index in [1.165, 1.54) is 221 Å². The number of pyridine rings is 1. The molecule has 0 saturated carbocycles. The molecular formula is C117H69N7. The Morgan fingerprint density at radius 3 is 1.13 bits per heavy atom. The van der Waals surface area contributed by atoms with Gasteiger partial charge in [-0.05, 0) is 252 Å². The van der Waals surface area contributed by atoms with Crippen LogP contribution in [0, 0.1) is 0 Å². The third-order valence-electron chi connectivity index (χ3n) is 25.7. The van der Waals surface area contributed by atoms with Crippen molar-refractivity contribution < 1.29 is 0 Å². The fourth-order valence-electron chi connectivity index (χ4n) is 20.0. The Morgan fingerprint density at radius 1 is 0.153 bits per heavy atom. The van der Waals surface area contributed by atoms with Gasteiger partial charge >= 0.3 is 0 Å². The van der Waals surface area contributed by atoms with Crippen LogP contribution in [0.5, 0.6) is 0 Å². The van der Waals surface area contributed by atoms with Crippen molar-refractivity contribution in [1.82, 2.24) is 34.9 Å². The van der Waals surface area contributed by atoms with Crippen molar-refractivity contribution in [2.75, 3.05) is 0 Å². The van der Waals surface area contributed by atoms with E-state index in [9.17, 15) is 0 Å². The number of nitrogens with zero attached hydrogens (tertiary/aromatic N) is 7. The van der Waals surface area contributed by atoms with Crippen molar-refractivity contribution in [2.24, 2.45) is 0 Å². The van der Waals surface area contributed by atoms with Crippen LogP contribution in [0.3, 0.4) is 0 Å². The molecule has 24 aromatic rings. The van der Waals surface area contributed by atoms with E-state index >= 15 is 0 Å². The van der Waals surface area contributed by atoms with Crippen molar-refractivity contribution in [1.29, 1.82) is 0 Å². The van der Waals surface area contributed by atoms with Gasteiger partial charge in [0.1, 0.15) is 12.7 Å². The maximum Gasteiger partial charge on any atom is 0.164 e. The third-order valence-corrected chi connectivity index (χ3v) is 25.7. The number of benzene rings is 21. The zero-order valence-electron chi connectivity index (χ0n) is 67.0. The molecule has 0 N–H and O–H groups in total. The van der Waals surface area contributed by atoms with Crippen molar-refractivity contribution in [2.45, 2.75) is 0 Å². The molecule has 0 fully saturated rings. The molecular weight excluding hydrogens is 1500 g/mol. The molecule has 3 aromatic heterocycles. The van der Waals surface area contributed by atoms with Gasteiger partial charge in [-0.15, -0.1) is 0 Å². The van der Waals surface area contributed by atoms with Gasteiger partial charge in [0.15, 0.2) is 23.3 Å². The van der Waals surface area contributed by atoms with E-state index in [0.717, 1.165) is 33.2 Å². The minimum Gasteiger partial charge on any atom is -0.256 e. The molecule has 3 aliphatic rings. The Labute approximate surface area is 714 Å². The van der Waals surface area contributed by atoms with Crippen LogP contribution in [0.4, 0.5) is 0 Å². The molecule has 124 heavy (non-hydrogen) atoms. The van der Waals surface area contributed by atoms with Gasteiger partial charge in [0.05, 0.1) is 5.52 Å². The number of hydrogen-bond donors (Lipinski definition) is 0. The van der Waals surface area contributed by atoms with Crippen LogP contribution in [-0.2, 0) is 0 Å². The molecule has 0 unspecified atom stereocenters. The summed E-state index contributed by atoms with van der Waals surface area (Å²) in [6.45, 7) is 0. The van der Waals surface area contributed by atoms with Gasteiger partial charge < -0.3 is 0 Å². The molecule has 7 nitrogen and oxygen atoms in total. The van der Waals surface area contributed by atoms with Crippen molar-refractivity contribution >= 4 is 108 Å². The number of aromatic nitrogens is 7. The van der Waals surface area contributed by atoms with Crippen LogP contribution in [0.25, 0.3) is 265 Å². The summed E-state index contributed by atoms with van der Waals surface area (Å²) in [6, 6.07) is 144. The molecule has 0 radical (unpaired) electrons. The first kappa shape index (κ1) is 70.4. The third kappa shape index (κ3) is 11.5. The fourth-order valence-corrected chi connectivity index (χ4v) is 20.0. The zero-order chi connectivity index (χ0) is 81.5. The summed E-state index contributed by atoms with van der Waals surface area (Å²) in [5, 5.41) is 23.9. The maximum atomic E-state index is 5.11. The van der Waals surface area contributed by atoms with Crippen molar-refractivity contribution in [3.8, 4) is 157 Å². The van der Waals surface area contributed by atoms with Crippen LogP contribution >= 0.6 is 0 Å². The van der Waals surface area contributed by atoms with Crippen LogP contribution in [0.15, 0.2) is 419 Å². The van der Waals surface area contributed by atoms with Gasteiger partial charge in [-0.3, -0.25) is 4.98 Å². The topological polar surface area (TPSA) is 90.2 Å². The molecule has 21 aromatic carbocycles. The summed E-state index contributed by atoms with van der Waals surface area (Å²) in [5.74, 6) is 2.70. The normalized spacial score (nSPS) is 11.9. The first-order chi connectivity index (χ1) is 61.5. The predicted molar refractivity (Wildman–Crippen MR) is 516 cm³/mol. The van der Waals surface area contributed by atoms with Crippen LogP contribution in [0.1, 0.15) is 0 Å². The number of fused-ring (bicyclic) bond motifs is 19. The van der Waals surface area contributed by atoms with Gasteiger partial charge in [0.25, 0.3) is 0 Å². The van der Waals surface area contributed by atoms with E-state index in [4.69, 9.17) is 19.9 Å². The minimum absolute atomic E-state index is 0.668. The Hall–Kier alpha value is -16.6. The number of hydrogen-bond acceptors (Lipinski definition) is 7. The van der Waals surface area contributed by atoms with E-state index in [0.29, 0.717) is 23.3 Å². The molecule has 0 spiro atoms. The van der Waals surface area contributed by atoms with E-state index in [2.05, 4.69) is 373 Å². The summed E-state index contributed by atoms with van der Waals surface area (Å²) in [4.78, 5) is 32.6. The average Bonchev–Trinajstić information content (AvgIpc) is 1.56. The van der Waals surface area contributed by atoms with E-state index in [-0.39, 0.29) is 0 Å². The smallest absolute Gasteiger partial charge is 0.164 e. The molecule has 0 saturated heterocycles. The monoisotopic (exact) mass is 1570 g/mol. The standard InChI is InChI=1S/C43H25N3.C39H23N3.C35H21N/c1-2-5-36-26(4-1)16-17-38-39-19-18-35(37-6-3-7-40(41(36)38)42(37)39)33-14-12-29-20-27(8-10-31(29)22-33)28-9-11-32-23-34(15-13-30(32)21-28)43-45-24-44-25-46-43;1-3-11-24(12-4-1)37-40-38(25-13-5-2-6-14-25)42-39(41-37)31-20-19-30-32-21-26-15-7-8-16-27(26)22-33(32)34-23-28-17-9-10-18-29(28)35(31)36(30)34;1-2-8-22(9-3-1)24-17-20-31(35-30(24)14-7-21-36-35)26-18-19-29-28-16-15-23-10-4-5-11-25(23)33(28)32-13-6-12-27(26)34(29)32/h1-25H;1-23H;1-21H. The lowest BCUT2D eigenvalue weighted by molar-refractivity contribution is 1.06. The second kappa shape index (κ2) is 28.6. The number of rotatable bonds is 8. The zero-order valence-corrected chi connectivity index (χ0v) is 67.0. The van der Waals surface area contributed by atoms with Crippen LogP contribution in [-0.4, -0.2) is 34.9 Å². The highest BCUT2D eigenvalue weighted by Gasteiger charge is 2.30. The molecule has 572 valence electrons. The molecule has 0 atom stereocenters. The van der Waals surface area contributed by atoms with Crippen LogP contribution in [0.2, 0.25) is 0 Å². The lowest BCUT2D eigenvalue weighted by atomic mass is 9.91. The maximum absolute atomic E-state index is 5.11. The molecule has 7 heteroatoms. The Balaban J connectivity index is 0.000000103. The molecule has 0 amide bonds. The Morgan fingerprint density at radius 2 is 0.540 bits per heavy atom. The SMILES string of the molecule is c1ccc(-c2ccc(-c3ccc4c5c(cccc35)-c3c-4ccc4ccccc34)c3ncccc23)cc1.c1ccc(-c2nc(-c3ccccc3)nc(-c3ccc4c5c(cc6ccccc6c35)-c3cc5ccccc5cc3-4)n2)cc1.c1ccc2c3c(ccc2c1)-c1ccc(-c2ccc4cc(-c5ccc6cc(-c7ncncn7)ccc6c5)ccc4c2)c2cccc-3c12. The average molecular weight is 1570 g/mol. The van der Waals surface area contributed by atoms with Gasteiger partial charge in [-0.2, -0.15) is 0 Å². The summed E-state index contributed by atoms with van der Waals surface area (Å²) in [7, 11) is 0. The van der Waals surface area contributed by atoms with E-state index < -0.39 is 0 Å². The lowest BCUT2D eigenvalue weighted by Gasteiger charge is -2.14. The van der Waals surface area contributed by atoms with Crippen LogP contribution < -0.4 is 0 Å². The Bertz CT molecular complexity index is 8550. The summed E-state index contributed by atoms with van der Waals surface area (Å²) in [5.41, 5.74) is 30.5. The second-order valence-electron chi connectivity index (χ2n) is 32.5. The molecule has 0 aliphatic heterocycles. The predicted octanol–water partition coefficient (Wildman–Crippen LogP) is 30.6. The lowest BCUT2D eigenvalue weighted by Crippen LogP contribution is -2.00. The second-order valence-corrected chi connectivity index (χ2v) is 32.5. The van der Waals surface area contributed by atoms with Gasteiger partial charge in [0, 0.05) is 44.8 Å². The van der Waals surface area contributed by atoms with E-state index in [1.54, 1.807) is 0 Å². The fraction of sp³-hybridized carbons (Fsp3) is 0. The first-order valence-corrected chi connectivity index (χ1v) is 42.2. The minimum atomic E-state index is 0.668. The summed E-state index contributed by atoms with van der Waals surface area (Å²) in [6.07, 6.45) is 4.97. The molecule has 3 aliphatic carbocycles. The first-order valence-electron chi connectivity index (χ1n) is 42.2. The van der Waals surface area contributed by atoms with Gasteiger partial charge in [0.2, 0.25) is 0 Å². The van der Waals surface area contributed by atoms with Crippen molar-refractivity contribution in [3.63, 3.8) is 0 Å². The largest absolute Gasteiger partial charge is 0.256 e. The Kier molecular flexibility index (Phi) is 16.2. The summed E-state index contributed by atoms with van der Waals surface area (Å²) < 4.78 is 0. The molecule has 3 heterocycles. The highest BCUT2D eigenvalue weighted by atomic mass is 15.0.